The summed E-state index contributed by atoms with van der Waals surface area (Å²) in [7, 11) is 0. The minimum absolute atomic E-state index is 0. The number of nitrogens with two attached hydrogens (primary N) is 1. The fourth-order valence-electron chi connectivity index (χ4n) is 3.39. The number of nitrogens with zero attached hydrogens (tertiary/aromatic N) is 2. The zero-order valence-electron chi connectivity index (χ0n) is 19.8. The Bertz CT molecular complexity index is 1160. The molecule has 0 saturated carbocycles. The summed E-state index contributed by atoms with van der Waals surface area (Å²) < 4.78 is 0. The van der Waals surface area contributed by atoms with Gasteiger partial charge in [-0.1, -0.05) is 0 Å². The molecule has 1 aliphatic rings. The quantitative estimate of drug-likeness (QED) is 0.125. The van der Waals surface area contributed by atoms with E-state index in [4.69, 9.17) is 10.8 Å². The first-order valence-corrected chi connectivity index (χ1v) is 10.2. The van der Waals surface area contributed by atoms with E-state index in [1.807, 2.05) is 0 Å². The van der Waals surface area contributed by atoms with Crippen molar-refractivity contribution in [1.29, 1.82) is 0 Å². The van der Waals surface area contributed by atoms with Crippen molar-refractivity contribution in [3.63, 3.8) is 0 Å². The molecule has 2 aromatic rings. The SMILES string of the molecule is Nc1nc2c(c(=O)[nH]1)N(C=O)C(CNc1ccc(C(=O)N[C@@H](CCC(=O)O)C(=O)O)cc1)CN2.[H-].[Na+]. The van der Waals surface area contributed by atoms with Crippen LogP contribution >= 0.6 is 0 Å². The van der Waals surface area contributed by atoms with Crippen molar-refractivity contribution in [3.05, 3.63) is 40.2 Å². The van der Waals surface area contributed by atoms with Crippen LogP contribution in [0, 0.1) is 0 Å². The van der Waals surface area contributed by atoms with Gasteiger partial charge in [0.15, 0.2) is 11.5 Å². The summed E-state index contributed by atoms with van der Waals surface area (Å²) in [5, 5.41) is 26.3. The number of carbonyl (C=O) groups excluding carboxylic acids is 2. The van der Waals surface area contributed by atoms with Crippen molar-refractivity contribution < 1.29 is 60.4 Å². The Morgan fingerprint density at radius 1 is 1.29 bits per heavy atom. The van der Waals surface area contributed by atoms with E-state index in [0.29, 0.717) is 18.6 Å². The van der Waals surface area contributed by atoms with Crippen LogP contribution in [-0.4, -0.2) is 69.6 Å². The maximum absolute atomic E-state index is 12.3. The van der Waals surface area contributed by atoms with E-state index in [-0.39, 0.29) is 67.0 Å². The van der Waals surface area contributed by atoms with Crippen molar-refractivity contribution >= 4 is 47.4 Å². The molecule has 1 aromatic heterocycles. The van der Waals surface area contributed by atoms with E-state index in [9.17, 15) is 29.1 Å². The first-order valence-electron chi connectivity index (χ1n) is 10.2. The number of anilines is 4. The second-order valence-electron chi connectivity index (χ2n) is 7.45. The number of aromatic amines is 1. The van der Waals surface area contributed by atoms with Crippen LogP contribution in [0.15, 0.2) is 29.1 Å². The fraction of sp³-hybridized carbons (Fsp3) is 0.300. The number of carboxylic acids is 2. The Balaban J connectivity index is 0.00000324. The van der Waals surface area contributed by atoms with Crippen LogP contribution in [0.1, 0.15) is 24.6 Å². The van der Waals surface area contributed by atoms with E-state index in [0.717, 1.165) is 0 Å². The van der Waals surface area contributed by atoms with Crippen LogP contribution in [0.3, 0.4) is 0 Å². The van der Waals surface area contributed by atoms with Gasteiger partial charge in [0.25, 0.3) is 11.5 Å². The molecule has 2 heterocycles. The normalized spacial score (nSPS) is 15.0. The van der Waals surface area contributed by atoms with Gasteiger partial charge in [-0.15, -0.1) is 0 Å². The van der Waals surface area contributed by atoms with Crippen molar-refractivity contribution in [1.82, 2.24) is 15.3 Å². The Hall–Kier alpha value is -3.62. The van der Waals surface area contributed by atoms with Gasteiger partial charge in [0.2, 0.25) is 12.4 Å². The molecule has 35 heavy (non-hydrogen) atoms. The third kappa shape index (κ3) is 6.94. The van der Waals surface area contributed by atoms with Crippen LogP contribution in [0.4, 0.5) is 23.1 Å². The minimum atomic E-state index is -1.33. The third-order valence-corrected chi connectivity index (χ3v) is 5.12. The van der Waals surface area contributed by atoms with Gasteiger partial charge in [-0.25, -0.2) is 4.79 Å². The fourth-order valence-corrected chi connectivity index (χ4v) is 3.39. The molecule has 1 aromatic carbocycles. The average Bonchev–Trinajstić information content (AvgIpc) is 2.79. The Morgan fingerprint density at radius 3 is 2.57 bits per heavy atom. The molecule has 8 N–H and O–H groups in total. The summed E-state index contributed by atoms with van der Waals surface area (Å²) in [4.78, 5) is 65.7. The molecular weight excluding hydrogens is 473 g/mol. The Kier molecular flexibility index (Phi) is 9.62. The zero-order valence-corrected chi connectivity index (χ0v) is 20.8. The summed E-state index contributed by atoms with van der Waals surface area (Å²) in [6, 6.07) is 4.36. The molecule has 182 valence electrons. The van der Waals surface area contributed by atoms with Crippen LogP contribution < -0.4 is 61.7 Å². The van der Waals surface area contributed by atoms with Crippen LogP contribution in [0.25, 0.3) is 0 Å². The number of nitrogens with one attached hydrogen (secondary N) is 4. The number of aromatic nitrogens is 2. The van der Waals surface area contributed by atoms with Crippen LogP contribution in [0.5, 0.6) is 0 Å². The first kappa shape index (κ1) is 27.6. The van der Waals surface area contributed by atoms with E-state index < -0.39 is 41.9 Å². The summed E-state index contributed by atoms with van der Waals surface area (Å²) in [6.45, 7) is 0.568. The van der Waals surface area contributed by atoms with Crippen molar-refractivity contribution in [2.45, 2.75) is 24.9 Å². The second-order valence-corrected chi connectivity index (χ2v) is 7.45. The van der Waals surface area contributed by atoms with Gasteiger partial charge < -0.3 is 38.2 Å². The summed E-state index contributed by atoms with van der Waals surface area (Å²) in [6.07, 6.45) is -0.101. The van der Waals surface area contributed by atoms with E-state index >= 15 is 0 Å². The van der Waals surface area contributed by atoms with Gasteiger partial charge in [0.05, 0.1) is 6.04 Å². The topological polar surface area (TPSA) is 220 Å². The molecule has 0 saturated heterocycles. The predicted octanol–water partition coefficient (Wildman–Crippen LogP) is -3.61. The number of amides is 2. The van der Waals surface area contributed by atoms with Gasteiger partial charge >= 0.3 is 41.5 Å². The van der Waals surface area contributed by atoms with E-state index in [2.05, 4.69) is 25.9 Å². The molecule has 0 bridgehead atoms. The molecule has 2 atom stereocenters. The maximum atomic E-state index is 12.3. The maximum Gasteiger partial charge on any atom is 1.00 e. The molecular formula is C20H24N7NaO7. The zero-order chi connectivity index (χ0) is 24.8. The predicted molar refractivity (Wildman–Crippen MR) is 122 cm³/mol. The number of aliphatic carboxylic acids is 2. The standard InChI is InChI=1S/C20H23N7O7.Na.H/c21-20-25-16-15(18(32)26-20)27(9-28)12(8-23-16)7-22-11-3-1-10(2-4-11)17(31)24-13(19(33)34)5-6-14(29)30;;/h1-4,9,12-13,22H,5-8H2,(H,24,31)(H,29,30)(H,33,34)(H4,21,23,25,26,32);;/q;+1;-1/t12?,13-;;/m0../s1. The van der Waals surface area contributed by atoms with Crippen LogP contribution in [0.2, 0.25) is 0 Å². The number of benzene rings is 1. The third-order valence-electron chi connectivity index (χ3n) is 5.12. The number of carbonyl (C=O) groups is 4. The molecule has 2 amide bonds. The van der Waals surface area contributed by atoms with Gasteiger partial charge in [-0.2, -0.15) is 4.98 Å². The van der Waals surface area contributed by atoms with Crippen molar-refractivity contribution in [2.75, 3.05) is 34.4 Å². The summed E-state index contributed by atoms with van der Waals surface area (Å²) in [5.74, 6) is -3.00. The number of nitrogen functional groups attached to an aromatic ring is 1. The molecule has 0 radical (unpaired) electrons. The number of rotatable bonds is 10. The monoisotopic (exact) mass is 497 g/mol. The average molecular weight is 497 g/mol. The van der Waals surface area contributed by atoms with Gasteiger partial charge in [-0.05, 0) is 30.7 Å². The van der Waals surface area contributed by atoms with Gasteiger partial charge in [0.1, 0.15) is 6.04 Å². The van der Waals surface area contributed by atoms with E-state index in [1.165, 1.54) is 17.0 Å². The molecule has 1 unspecified atom stereocenters. The van der Waals surface area contributed by atoms with Crippen LogP contribution in [-0.2, 0) is 14.4 Å². The molecule has 0 spiro atoms. The smallest absolute Gasteiger partial charge is 1.00 e. The number of hydrogen-bond acceptors (Lipinski definition) is 9. The number of H-pyrrole nitrogens is 1. The second kappa shape index (κ2) is 12.2. The Morgan fingerprint density at radius 2 is 1.97 bits per heavy atom. The minimum Gasteiger partial charge on any atom is -1.00 e. The first-order chi connectivity index (χ1) is 16.2. The number of fused-ring (bicyclic) bond motifs is 1. The van der Waals surface area contributed by atoms with E-state index in [1.54, 1.807) is 12.1 Å². The molecule has 14 nitrogen and oxygen atoms in total. The summed E-state index contributed by atoms with van der Waals surface area (Å²) in [5.41, 5.74) is 5.84. The number of hydrogen-bond donors (Lipinski definition) is 7. The van der Waals surface area contributed by atoms with Crippen molar-refractivity contribution in [2.24, 2.45) is 0 Å². The molecule has 3 rings (SSSR count). The number of carboxylic acid groups (broad SMARTS) is 2. The molecule has 15 heteroatoms. The molecule has 0 aliphatic carbocycles. The Labute approximate surface area is 222 Å². The molecule has 1 aliphatic heterocycles. The van der Waals surface area contributed by atoms with Crippen molar-refractivity contribution in [3.8, 4) is 0 Å². The summed E-state index contributed by atoms with van der Waals surface area (Å²) >= 11 is 0. The molecule has 0 fully saturated rings. The van der Waals surface area contributed by atoms with Gasteiger partial charge in [-0.3, -0.25) is 24.2 Å². The largest absolute Gasteiger partial charge is 1.00 e. The van der Waals surface area contributed by atoms with Gasteiger partial charge in [0, 0.05) is 30.8 Å².